The molecule has 2 atom stereocenters. The second kappa shape index (κ2) is 4.26. The number of anilines is 1. The Morgan fingerprint density at radius 1 is 1.50 bits per heavy atom. The summed E-state index contributed by atoms with van der Waals surface area (Å²) in [5.74, 6) is 0.511. The molecule has 16 heavy (non-hydrogen) atoms. The highest BCUT2D eigenvalue weighted by atomic mass is 16.2. The van der Waals surface area contributed by atoms with E-state index >= 15 is 0 Å². The summed E-state index contributed by atoms with van der Waals surface area (Å²) in [5.41, 5.74) is 7.95. The van der Waals surface area contributed by atoms with Gasteiger partial charge in [-0.05, 0) is 30.9 Å². The van der Waals surface area contributed by atoms with E-state index in [1.807, 2.05) is 23.1 Å². The van der Waals surface area contributed by atoms with Crippen LogP contribution in [0.15, 0.2) is 24.3 Å². The Morgan fingerprint density at radius 2 is 2.19 bits per heavy atom. The van der Waals surface area contributed by atoms with Crippen LogP contribution in [0.2, 0.25) is 0 Å². The summed E-state index contributed by atoms with van der Waals surface area (Å²) >= 11 is 0. The van der Waals surface area contributed by atoms with Gasteiger partial charge in [-0.3, -0.25) is 4.79 Å². The van der Waals surface area contributed by atoms with Gasteiger partial charge in [-0.25, -0.2) is 0 Å². The highest BCUT2D eigenvalue weighted by Gasteiger charge is 2.27. The van der Waals surface area contributed by atoms with Gasteiger partial charge in [0.1, 0.15) is 0 Å². The van der Waals surface area contributed by atoms with Crippen LogP contribution in [0.3, 0.4) is 0 Å². The molecule has 0 saturated carbocycles. The van der Waals surface area contributed by atoms with Crippen LogP contribution >= 0.6 is 0 Å². The van der Waals surface area contributed by atoms with Crippen molar-refractivity contribution in [2.45, 2.75) is 26.3 Å². The van der Waals surface area contributed by atoms with Crippen LogP contribution in [0.4, 0.5) is 5.69 Å². The highest BCUT2D eigenvalue weighted by Crippen LogP contribution is 2.29. The van der Waals surface area contributed by atoms with Crippen LogP contribution in [-0.2, 0) is 11.2 Å². The van der Waals surface area contributed by atoms with Crippen LogP contribution in [-0.4, -0.2) is 18.5 Å². The van der Waals surface area contributed by atoms with Crippen LogP contribution in [0.1, 0.15) is 19.4 Å². The average Bonchev–Trinajstić information content (AvgIpc) is 2.26. The first-order valence-corrected chi connectivity index (χ1v) is 5.74. The largest absolute Gasteiger partial charge is 0.320 e. The SMILES string of the molecule is CC1Cc2ccccc2N(C(=O)C(C)N)C1. The van der Waals surface area contributed by atoms with Gasteiger partial charge in [-0.2, -0.15) is 0 Å². The number of benzene rings is 1. The van der Waals surface area contributed by atoms with Crippen molar-refractivity contribution >= 4 is 11.6 Å². The van der Waals surface area contributed by atoms with Crippen LogP contribution in [0.25, 0.3) is 0 Å². The maximum Gasteiger partial charge on any atom is 0.243 e. The van der Waals surface area contributed by atoms with E-state index in [4.69, 9.17) is 5.73 Å². The number of amides is 1. The van der Waals surface area contributed by atoms with Gasteiger partial charge in [-0.15, -0.1) is 0 Å². The van der Waals surface area contributed by atoms with Gasteiger partial charge >= 0.3 is 0 Å². The Balaban J connectivity index is 2.37. The van der Waals surface area contributed by atoms with E-state index in [0.29, 0.717) is 5.92 Å². The number of nitrogens with two attached hydrogens (primary N) is 1. The predicted molar refractivity (Wildman–Crippen MR) is 65.3 cm³/mol. The number of rotatable bonds is 1. The molecule has 1 heterocycles. The fourth-order valence-corrected chi connectivity index (χ4v) is 2.25. The lowest BCUT2D eigenvalue weighted by atomic mass is 9.93. The van der Waals surface area contributed by atoms with Gasteiger partial charge in [0.2, 0.25) is 5.91 Å². The standard InChI is InChI=1S/C13H18N2O/c1-9-7-11-5-3-4-6-12(11)15(8-9)13(16)10(2)14/h3-6,9-10H,7-8,14H2,1-2H3. The summed E-state index contributed by atoms with van der Waals surface area (Å²) in [4.78, 5) is 13.8. The molecular formula is C13H18N2O. The Kier molecular flexibility index (Phi) is 2.97. The number of carbonyl (C=O) groups excluding carboxylic acids is 1. The Hall–Kier alpha value is -1.35. The van der Waals surface area contributed by atoms with Gasteiger partial charge < -0.3 is 10.6 Å². The number of hydrogen-bond donors (Lipinski definition) is 1. The van der Waals surface area contributed by atoms with Crippen molar-refractivity contribution < 1.29 is 4.79 Å². The third-order valence-electron chi connectivity index (χ3n) is 3.00. The zero-order valence-corrected chi connectivity index (χ0v) is 9.81. The molecule has 2 unspecified atom stereocenters. The number of nitrogens with zero attached hydrogens (tertiary/aromatic N) is 1. The maximum atomic E-state index is 12.0. The minimum absolute atomic E-state index is 0.0130. The minimum atomic E-state index is -0.432. The number of carbonyl (C=O) groups is 1. The lowest BCUT2D eigenvalue weighted by Gasteiger charge is -2.34. The van der Waals surface area contributed by atoms with Crippen molar-refractivity contribution in [2.24, 2.45) is 11.7 Å². The van der Waals surface area contributed by atoms with Crippen LogP contribution in [0, 0.1) is 5.92 Å². The molecule has 86 valence electrons. The van der Waals surface area contributed by atoms with Crippen molar-refractivity contribution in [1.29, 1.82) is 0 Å². The summed E-state index contributed by atoms with van der Waals surface area (Å²) in [6.45, 7) is 4.68. The van der Waals surface area contributed by atoms with Gasteiger partial charge in [0, 0.05) is 12.2 Å². The van der Waals surface area contributed by atoms with Gasteiger partial charge in [-0.1, -0.05) is 25.1 Å². The van der Waals surface area contributed by atoms with Crippen molar-refractivity contribution in [3.8, 4) is 0 Å². The second-order valence-corrected chi connectivity index (χ2v) is 4.68. The smallest absolute Gasteiger partial charge is 0.243 e. The van der Waals surface area contributed by atoms with Gasteiger partial charge in [0.15, 0.2) is 0 Å². The Labute approximate surface area is 96.2 Å². The fraction of sp³-hybridized carbons (Fsp3) is 0.462. The third kappa shape index (κ3) is 1.95. The van der Waals surface area contributed by atoms with E-state index in [1.54, 1.807) is 6.92 Å². The first kappa shape index (κ1) is 11.1. The van der Waals surface area contributed by atoms with Crippen LogP contribution < -0.4 is 10.6 Å². The van der Waals surface area contributed by atoms with E-state index < -0.39 is 6.04 Å². The second-order valence-electron chi connectivity index (χ2n) is 4.68. The molecule has 0 radical (unpaired) electrons. The van der Waals surface area contributed by atoms with Crippen molar-refractivity contribution in [1.82, 2.24) is 0 Å². The van der Waals surface area contributed by atoms with E-state index in [0.717, 1.165) is 18.7 Å². The minimum Gasteiger partial charge on any atom is -0.320 e. The molecule has 3 heteroatoms. The van der Waals surface area contributed by atoms with E-state index in [-0.39, 0.29) is 5.91 Å². The monoisotopic (exact) mass is 218 g/mol. The first-order chi connectivity index (χ1) is 7.59. The zero-order valence-electron chi connectivity index (χ0n) is 9.81. The molecule has 3 nitrogen and oxygen atoms in total. The average molecular weight is 218 g/mol. The maximum absolute atomic E-state index is 12.0. The van der Waals surface area contributed by atoms with Gasteiger partial charge in [0.25, 0.3) is 0 Å². The molecule has 1 aliphatic heterocycles. The quantitative estimate of drug-likeness (QED) is 0.777. The van der Waals surface area contributed by atoms with Crippen molar-refractivity contribution in [2.75, 3.05) is 11.4 Å². The molecule has 0 aromatic heterocycles. The summed E-state index contributed by atoms with van der Waals surface area (Å²) in [5, 5.41) is 0. The first-order valence-electron chi connectivity index (χ1n) is 5.74. The molecule has 1 aliphatic rings. The lowest BCUT2D eigenvalue weighted by Crippen LogP contribution is -2.46. The molecule has 0 fully saturated rings. The Morgan fingerprint density at radius 3 is 2.88 bits per heavy atom. The number of para-hydroxylation sites is 1. The molecule has 1 aromatic carbocycles. The zero-order chi connectivity index (χ0) is 11.7. The molecule has 0 saturated heterocycles. The number of fused-ring (bicyclic) bond motifs is 1. The number of hydrogen-bond acceptors (Lipinski definition) is 2. The summed E-state index contributed by atoms with van der Waals surface area (Å²) in [6.07, 6.45) is 1.04. The molecule has 1 aromatic rings. The van der Waals surface area contributed by atoms with Crippen LogP contribution in [0.5, 0.6) is 0 Å². The molecule has 2 rings (SSSR count). The molecular weight excluding hydrogens is 200 g/mol. The van der Waals surface area contributed by atoms with Crippen molar-refractivity contribution in [3.05, 3.63) is 29.8 Å². The molecule has 0 bridgehead atoms. The van der Waals surface area contributed by atoms with Gasteiger partial charge in [0.05, 0.1) is 6.04 Å². The molecule has 2 N–H and O–H groups in total. The topological polar surface area (TPSA) is 46.3 Å². The third-order valence-corrected chi connectivity index (χ3v) is 3.00. The predicted octanol–water partition coefficient (Wildman–Crippen LogP) is 1.56. The highest BCUT2D eigenvalue weighted by molar-refractivity contribution is 5.97. The molecule has 0 aliphatic carbocycles. The summed E-state index contributed by atoms with van der Waals surface area (Å²) in [6, 6.07) is 7.65. The normalized spacial score (nSPS) is 21.4. The van der Waals surface area contributed by atoms with E-state index in [9.17, 15) is 4.79 Å². The molecule has 1 amide bonds. The Bertz CT molecular complexity index is 401. The van der Waals surface area contributed by atoms with E-state index in [2.05, 4.69) is 13.0 Å². The fourth-order valence-electron chi connectivity index (χ4n) is 2.25. The van der Waals surface area contributed by atoms with Crippen molar-refractivity contribution in [3.63, 3.8) is 0 Å². The summed E-state index contributed by atoms with van der Waals surface area (Å²) < 4.78 is 0. The summed E-state index contributed by atoms with van der Waals surface area (Å²) in [7, 11) is 0. The lowest BCUT2D eigenvalue weighted by molar-refractivity contribution is -0.119. The molecule has 0 spiro atoms. The van der Waals surface area contributed by atoms with E-state index in [1.165, 1.54) is 5.56 Å².